The fraction of sp³-hybridized carbons (Fsp3) is 0.615. The summed E-state index contributed by atoms with van der Waals surface area (Å²) in [6.45, 7) is 7.33. The molecule has 0 rings (SSSR count). The first-order valence-corrected chi connectivity index (χ1v) is 6.07. The van der Waals surface area contributed by atoms with Crippen LogP contribution in [0.15, 0.2) is 24.0 Å². The summed E-state index contributed by atoms with van der Waals surface area (Å²) in [6, 6.07) is 0. The number of halogens is 6. The minimum Gasteiger partial charge on any atom is -0.428 e. The van der Waals surface area contributed by atoms with Crippen molar-refractivity contribution in [2.75, 3.05) is 0 Å². The zero-order chi connectivity index (χ0) is 17.9. The lowest BCUT2D eigenvalue weighted by Gasteiger charge is -2.30. The number of hydrogen-bond donors (Lipinski definition) is 1. The minimum absolute atomic E-state index is 0.211. The summed E-state index contributed by atoms with van der Waals surface area (Å²) in [4.78, 5) is 11.3. The average Bonchev–Trinajstić information content (AvgIpc) is 2.24. The van der Waals surface area contributed by atoms with E-state index >= 15 is 0 Å². The first-order chi connectivity index (χ1) is 9.61. The highest BCUT2D eigenvalue weighted by atomic mass is 19.4. The van der Waals surface area contributed by atoms with Crippen LogP contribution in [0, 0.1) is 5.92 Å². The fourth-order valence-corrected chi connectivity index (χ4v) is 1.30. The van der Waals surface area contributed by atoms with E-state index in [4.69, 9.17) is 5.11 Å². The summed E-state index contributed by atoms with van der Waals surface area (Å²) < 4.78 is 80.2. The molecule has 0 aromatic heterocycles. The number of esters is 1. The van der Waals surface area contributed by atoms with Gasteiger partial charge in [-0.2, -0.15) is 26.3 Å². The van der Waals surface area contributed by atoms with E-state index in [9.17, 15) is 31.1 Å². The second kappa shape index (κ2) is 6.72. The predicted octanol–water partition coefficient (Wildman–Crippen LogP) is 3.89. The van der Waals surface area contributed by atoms with Crippen molar-refractivity contribution in [3.8, 4) is 0 Å². The lowest BCUT2D eigenvalue weighted by Crippen LogP contribution is -2.55. The molecule has 0 aromatic rings. The molecule has 0 aliphatic heterocycles. The Labute approximate surface area is 123 Å². The van der Waals surface area contributed by atoms with Gasteiger partial charge in [0.25, 0.3) is 5.60 Å². The first kappa shape index (κ1) is 20.5. The average molecular weight is 334 g/mol. The number of ether oxygens (including phenoxy) is 1. The molecule has 128 valence electrons. The lowest BCUT2D eigenvalue weighted by atomic mass is 9.99. The summed E-state index contributed by atoms with van der Waals surface area (Å²) >= 11 is 0. The van der Waals surface area contributed by atoms with Crippen molar-refractivity contribution in [2.24, 2.45) is 5.92 Å². The van der Waals surface area contributed by atoms with E-state index in [0.29, 0.717) is 0 Å². The lowest BCUT2D eigenvalue weighted by molar-refractivity contribution is -0.348. The second-order valence-electron chi connectivity index (χ2n) is 5.14. The molecule has 0 aromatic carbocycles. The topological polar surface area (TPSA) is 46.5 Å². The van der Waals surface area contributed by atoms with E-state index in [1.54, 1.807) is 0 Å². The molecule has 3 nitrogen and oxygen atoms in total. The Bertz CT molecular complexity index is 445. The van der Waals surface area contributed by atoms with Crippen LogP contribution in [0.5, 0.6) is 0 Å². The molecular formula is C13H16F6O3. The Morgan fingerprint density at radius 2 is 1.59 bits per heavy atom. The molecule has 0 amide bonds. The Morgan fingerprint density at radius 3 is 1.86 bits per heavy atom. The standard InChI is InChI=1S/C13H16F6O3/c1-7(2)5-9(22-10(20)8(3)4)6-11(21,12(14,15)16)13(17,18)19/h6-7,21H,3,5H2,1-2,4H3/b9-6+. The maximum Gasteiger partial charge on any atom is 0.430 e. The van der Waals surface area contributed by atoms with Crippen molar-refractivity contribution in [1.29, 1.82) is 0 Å². The largest absolute Gasteiger partial charge is 0.430 e. The normalized spacial score (nSPS) is 14.2. The van der Waals surface area contributed by atoms with Crippen molar-refractivity contribution in [3.05, 3.63) is 24.0 Å². The minimum atomic E-state index is -6.02. The molecule has 0 heterocycles. The summed E-state index contributed by atoms with van der Waals surface area (Å²) in [7, 11) is 0. The molecule has 0 saturated carbocycles. The van der Waals surface area contributed by atoms with Gasteiger partial charge in [-0.25, -0.2) is 4.79 Å². The van der Waals surface area contributed by atoms with Gasteiger partial charge in [0.15, 0.2) is 0 Å². The number of carbonyl (C=O) groups is 1. The molecule has 1 N–H and O–H groups in total. The highest BCUT2D eigenvalue weighted by Gasteiger charge is 2.69. The third-order valence-corrected chi connectivity index (χ3v) is 2.42. The van der Waals surface area contributed by atoms with Gasteiger partial charge >= 0.3 is 18.3 Å². The van der Waals surface area contributed by atoms with Crippen molar-refractivity contribution in [1.82, 2.24) is 0 Å². The van der Waals surface area contributed by atoms with E-state index in [2.05, 4.69) is 11.3 Å². The molecule has 22 heavy (non-hydrogen) atoms. The van der Waals surface area contributed by atoms with Crippen LogP contribution in [-0.4, -0.2) is 29.0 Å². The van der Waals surface area contributed by atoms with Crippen molar-refractivity contribution < 1.29 is 41.0 Å². The summed E-state index contributed by atoms with van der Waals surface area (Å²) in [5.41, 5.74) is -5.32. The zero-order valence-corrected chi connectivity index (χ0v) is 12.1. The molecule has 0 fully saturated rings. The van der Waals surface area contributed by atoms with Gasteiger partial charge in [-0.15, -0.1) is 0 Å². The highest BCUT2D eigenvalue weighted by Crippen LogP contribution is 2.45. The van der Waals surface area contributed by atoms with Crippen LogP contribution in [0.25, 0.3) is 0 Å². The number of hydrogen-bond acceptors (Lipinski definition) is 3. The maximum absolute atomic E-state index is 12.6. The van der Waals surface area contributed by atoms with Crippen LogP contribution in [0.3, 0.4) is 0 Å². The van der Waals surface area contributed by atoms with E-state index in [1.807, 2.05) is 0 Å². The number of aliphatic hydroxyl groups is 1. The van der Waals surface area contributed by atoms with Gasteiger partial charge in [-0.1, -0.05) is 20.4 Å². The molecular weight excluding hydrogens is 318 g/mol. The Morgan fingerprint density at radius 1 is 1.18 bits per heavy atom. The van der Waals surface area contributed by atoms with Crippen molar-refractivity contribution >= 4 is 5.97 Å². The molecule has 0 unspecified atom stereocenters. The molecule has 0 aliphatic carbocycles. The molecule has 0 radical (unpaired) electrons. The Hall–Kier alpha value is -1.51. The molecule has 0 saturated heterocycles. The van der Waals surface area contributed by atoms with Crippen molar-refractivity contribution in [2.45, 2.75) is 45.1 Å². The van der Waals surface area contributed by atoms with Gasteiger partial charge in [0, 0.05) is 18.1 Å². The number of carbonyl (C=O) groups excluding carboxylic acids is 1. The molecule has 0 bridgehead atoms. The summed E-state index contributed by atoms with van der Waals surface area (Å²) in [5.74, 6) is -2.53. The molecule has 0 atom stereocenters. The van der Waals surface area contributed by atoms with Crippen LogP contribution in [0.2, 0.25) is 0 Å². The Balaban J connectivity index is 5.89. The van der Waals surface area contributed by atoms with Crippen molar-refractivity contribution in [3.63, 3.8) is 0 Å². The summed E-state index contributed by atoms with van der Waals surface area (Å²) in [6.07, 6.45) is -13.0. The van der Waals surface area contributed by atoms with Gasteiger partial charge in [0.1, 0.15) is 5.76 Å². The SMILES string of the molecule is C=C(C)C(=O)O/C(=C/C(O)(C(F)(F)F)C(F)(F)F)CC(C)C. The van der Waals surface area contributed by atoms with Crippen LogP contribution in [0.1, 0.15) is 27.2 Å². The van der Waals surface area contributed by atoms with Gasteiger partial charge in [0.05, 0.1) is 0 Å². The second-order valence-corrected chi connectivity index (χ2v) is 5.14. The van der Waals surface area contributed by atoms with E-state index in [1.165, 1.54) is 20.8 Å². The smallest absolute Gasteiger partial charge is 0.428 e. The van der Waals surface area contributed by atoms with Crippen LogP contribution >= 0.6 is 0 Å². The molecule has 0 aliphatic rings. The quantitative estimate of drug-likeness (QED) is 0.359. The monoisotopic (exact) mass is 334 g/mol. The van der Waals surface area contributed by atoms with Crippen LogP contribution < -0.4 is 0 Å². The number of allylic oxidation sites excluding steroid dienone is 1. The first-order valence-electron chi connectivity index (χ1n) is 6.07. The van der Waals surface area contributed by atoms with Gasteiger partial charge < -0.3 is 9.84 Å². The highest BCUT2D eigenvalue weighted by molar-refractivity contribution is 5.87. The number of alkyl halides is 6. The van der Waals surface area contributed by atoms with E-state index in [0.717, 1.165) is 0 Å². The van der Waals surface area contributed by atoms with Gasteiger partial charge in [0.2, 0.25) is 0 Å². The molecule has 9 heteroatoms. The zero-order valence-electron chi connectivity index (χ0n) is 12.1. The maximum atomic E-state index is 12.6. The fourth-order valence-electron chi connectivity index (χ4n) is 1.30. The number of rotatable bonds is 5. The predicted molar refractivity (Wildman–Crippen MR) is 65.5 cm³/mol. The Kier molecular flexibility index (Phi) is 6.26. The third kappa shape index (κ3) is 5.04. The van der Waals surface area contributed by atoms with Crippen LogP contribution in [0.4, 0.5) is 26.3 Å². The van der Waals surface area contributed by atoms with Gasteiger partial charge in [-0.3, -0.25) is 0 Å². The third-order valence-electron chi connectivity index (χ3n) is 2.42. The van der Waals surface area contributed by atoms with Gasteiger partial charge in [-0.05, 0) is 12.8 Å². The van der Waals surface area contributed by atoms with E-state index in [-0.39, 0.29) is 5.57 Å². The summed E-state index contributed by atoms with van der Waals surface area (Å²) in [5, 5.41) is 9.08. The van der Waals surface area contributed by atoms with Crippen LogP contribution in [-0.2, 0) is 9.53 Å². The van der Waals surface area contributed by atoms with E-state index < -0.39 is 48.1 Å². The molecule has 0 spiro atoms.